The summed E-state index contributed by atoms with van der Waals surface area (Å²) in [5.41, 5.74) is 6.46. The second kappa shape index (κ2) is 5.87. The lowest BCUT2D eigenvalue weighted by Crippen LogP contribution is -2.00. The number of anilines is 3. The third kappa shape index (κ3) is 3.09. The summed E-state index contributed by atoms with van der Waals surface area (Å²) in [5, 5.41) is 3.81. The van der Waals surface area contributed by atoms with Crippen LogP contribution in [0.4, 0.5) is 17.3 Å². The number of hydrogen-bond acceptors (Lipinski definition) is 5. The van der Waals surface area contributed by atoms with Crippen molar-refractivity contribution in [3.05, 3.63) is 34.3 Å². The van der Waals surface area contributed by atoms with Gasteiger partial charge in [0.1, 0.15) is 5.82 Å². The number of pyridine rings is 1. The van der Waals surface area contributed by atoms with Crippen LogP contribution in [0.1, 0.15) is 6.42 Å². The van der Waals surface area contributed by atoms with Crippen molar-refractivity contribution < 1.29 is 9.47 Å². The predicted molar refractivity (Wildman–Crippen MR) is 84.0 cm³/mol. The van der Waals surface area contributed by atoms with E-state index in [0.29, 0.717) is 34.8 Å². The molecular weight excluding hydrogens is 313 g/mol. The number of fused-ring (bicyclic) bond motifs is 1. The lowest BCUT2D eigenvalue weighted by atomic mass is 10.2. The molecule has 0 saturated carbocycles. The van der Waals surface area contributed by atoms with Gasteiger partial charge in [-0.25, -0.2) is 4.98 Å². The van der Waals surface area contributed by atoms with E-state index in [1.807, 2.05) is 18.2 Å². The van der Waals surface area contributed by atoms with Crippen LogP contribution < -0.4 is 20.5 Å². The van der Waals surface area contributed by atoms with Crippen LogP contribution in [0.3, 0.4) is 0 Å². The van der Waals surface area contributed by atoms with Gasteiger partial charge in [-0.15, -0.1) is 0 Å². The Morgan fingerprint density at radius 1 is 1.05 bits per heavy atom. The minimum Gasteiger partial charge on any atom is -0.490 e. The lowest BCUT2D eigenvalue weighted by Gasteiger charge is -2.12. The molecule has 3 rings (SSSR count). The van der Waals surface area contributed by atoms with Crippen molar-refractivity contribution >= 4 is 40.5 Å². The standard InChI is InChI=1S/C14H13Cl2N3O2/c15-9-7-10(16)14(19-13(9)17)18-8-2-3-11-12(6-8)21-5-1-4-20-11/h2-3,6-7H,1,4-5H2,(H3,17,18,19). The monoisotopic (exact) mass is 325 g/mol. The molecule has 0 bridgehead atoms. The third-order valence-corrected chi connectivity index (χ3v) is 3.56. The fourth-order valence-electron chi connectivity index (χ4n) is 1.95. The summed E-state index contributed by atoms with van der Waals surface area (Å²) >= 11 is 12.0. The Bertz CT molecular complexity index is 680. The number of nitrogens with zero attached hydrogens (tertiary/aromatic N) is 1. The Balaban J connectivity index is 1.88. The first-order chi connectivity index (χ1) is 10.1. The smallest absolute Gasteiger partial charge is 0.163 e. The van der Waals surface area contributed by atoms with Crippen molar-refractivity contribution in [2.24, 2.45) is 0 Å². The molecule has 0 amide bonds. The summed E-state index contributed by atoms with van der Waals surface area (Å²) < 4.78 is 11.2. The third-order valence-electron chi connectivity index (χ3n) is 2.97. The number of nitrogens with one attached hydrogen (secondary N) is 1. The first kappa shape index (κ1) is 14.1. The molecule has 3 N–H and O–H groups in total. The van der Waals surface area contributed by atoms with Crippen molar-refractivity contribution in [3.8, 4) is 11.5 Å². The van der Waals surface area contributed by atoms with E-state index in [1.54, 1.807) is 6.07 Å². The van der Waals surface area contributed by atoms with Crippen molar-refractivity contribution in [2.75, 3.05) is 24.3 Å². The Morgan fingerprint density at radius 3 is 2.62 bits per heavy atom. The van der Waals surface area contributed by atoms with Crippen LogP contribution in [0.2, 0.25) is 10.0 Å². The molecule has 0 radical (unpaired) electrons. The van der Waals surface area contributed by atoms with Crippen LogP contribution >= 0.6 is 23.2 Å². The van der Waals surface area contributed by atoms with Crippen molar-refractivity contribution in [2.45, 2.75) is 6.42 Å². The van der Waals surface area contributed by atoms with Gasteiger partial charge in [-0.05, 0) is 18.2 Å². The van der Waals surface area contributed by atoms with Crippen LogP contribution in [0.25, 0.3) is 0 Å². The van der Waals surface area contributed by atoms with Gasteiger partial charge in [0.15, 0.2) is 17.3 Å². The molecule has 1 aliphatic rings. The molecular formula is C14H13Cl2N3O2. The SMILES string of the molecule is Nc1nc(Nc2ccc3c(c2)OCCCO3)c(Cl)cc1Cl. The predicted octanol–water partition coefficient (Wildman–Crippen LogP) is 3.88. The van der Waals surface area contributed by atoms with Crippen molar-refractivity contribution in [3.63, 3.8) is 0 Å². The molecule has 2 heterocycles. The molecule has 1 aromatic heterocycles. The second-order valence-electron chi connectivity index (χ2n) is 4.52. The maximum Gasteiger partial charge on any atom is 0.163 e. The van der Waals surface area contributed by atoms with Gasteiger partial charge >= 0.3 is 0 Å². The minimum absolute atomic E-state index is 0.220. The van der Waals surface area contributed by atoms with Gasteiger partial charge in [0.05, 0.1) is 23.3 Å². The summed E-state index contributed by atoms with van der Waals surface area (Å²) in [6.45, 7) is 1.28. The molecule has 1 aromatic carbocycles. The molecule has 5 nitrogen and oxygen atoms in total. The molecule has 0 aliphatic carbocycles. The van der Waals surface area contributed by atoms with Crippen molar-refractivity contribution in [1.82, 2.24) is 4.98 Å². The number of hydrogen-bond donors (Lipinski definition) is 2. The summed E-state index contributed by atoms with van der Waals surface area (Å²) in [5.74, 6) is 2.08. The van der Waals surface area contributed by atoms with E-state index < -0.39 is 0 Å². The molecule has 0 saturated heterocycles. The van der Waals surface area contributed by atoms with E-state index in [2.05, 4.69) is 10.3 Å². The number of halogens is 2. The number of ether oxygens (including phenoxy) is 2. The fraction of sp³-hybridized carbons (Fsp3) is 0.214. The second-order valence-corrected chi connectivity index (χ2v) is 5.34. The summed E-state index contributed by atoms with van der Waals surface area (Å²) in [6.07, 6.45) is 0.860. The number of nitrogens with two attached hydrogens (primary N) is 1. The highest BCUT2D eigenvalue weighted by Crippen LogP contribution is 2.35. The molecule has 7 heteroatoms. The maximum absolute atomic E-state index is 6.10. The zero-order valence-electron chi connectivity index (χ0n) is 11.0. The average Bonchev–Trinajstić information content (AvgIpc) is 2.69. The molecule has 0 atom stereocenters. The van der Waals surface area contributed by atoms with Gasteiger partial charge in [-0.2, -0.15) is 0 Å². The number of aromatic nitrogens is 1. The van der Waals surface area contributed by atoms with E-state index >= 15 is 0 Å². The normalized spacial score (nSPS) is 13.6. The van der Waals surface area contributed by atoms with E-state index in [4.69, 9.17) is 38.4 Å². The van der Waals surface area contributed by atoms with Gasteiger partial charge < -0.3 is 20.5 Å². The van der Waals surface area contributed by atoms with Gasteiger partial charge in [0.25, 0.3) is 0 Å². The van der Waals surface area contributed by atoms with E-state index in [0.717, 1.165) is 17.9 Å². The molecule has 2 aromatic rings. The van der Waals surface area contributed by atoms with Crippen molar-refractivity contribution in [1.29, 1.82) is 0 Å². The van der Waals surface area contributed by atoms with E-state index in [1.165, 1.54) is 0 Å². The van der Waals surface area contributed by atoms with Gasteiger partial charge in [0.2, 0.25) is 0 Å². The summed E-state index contributed by atoms with van der Waals surface area (Å²) in [6, 6.07) is 7.09. The molecule has 21 heavy (non-hydrogen) atoms. The highest BCUT2D eigenvalue weighted by molar-refractivity contribution is 6.37. The van der Waals surface area contributed by atoms with Crippen LogP contribution in [0.5, 0.6) is 11.5 Å². The minimum atomic E-state index is 0.220. The zero-order chi connectivity index (χ0) is 14.8. The quantitative estimate of drug-likeness (QED) is 0.876. The van der Waals surface area contributed by atoms with Crippen LogP contribution in [-0.4, -0.2) is 18.2 Å². The van der Waals surface area contributed by atoms with Crippen LogP contribution in [-0.2, 0) is 0 Å². The first-order valence-corrected chi connectivity index (χ1v) is 7.17. The molecule has 1 aliphatic heterocycles. The largest absolute Gasteiger partial charge is 0.490 e. The van der Waals surface area contributed by atoms with Crippen LogP contribution in [0.15, 0.2) is 24.3 Å². The molecule has 0 fully saturated rings. The summed E-state index contributed by atoms with van der Waals surface area (Å²) in [4.78, 5) is 4.13. The molecule has 110 valence electrons. The average molecular weight is 326 g/mol. The first-order valence-electron chi connectivity index (χ1n) is 6.41. The highest BCUT2D eigenvalue weighted by atomic mass is 35.5. The number of nitrogen functional groups attached to an aromatic ring is 1. The lowest BCUT2D eigenvalue weighted by molar-refractivity contribution is 0.297. The molecule has 0 unspecified atom stereocenters. The zero-order valence-corrected chi connectivity index (χ0v) is 12.5. The Morgan fingerprint density at radius 2 is 1.81 bits per heavy atom. The highest BCUT2D eigenvalue weighted by Gasteiger charge is 2.12. The van der Waals surface area contributed by atoms with Crippen LogP contribution in [0, 0.1) is 0 Å². The fourth-order valence-corrected chi connectivity index (χ4v) is 2.35. The Kier molecular flexibility index (Phi) is 3.94. The Labute approximate surface area is 132 Å². The van der Waals surface area contributed by atoms with E-state index in [9.17, 15) is 0 Å². The van der Waals surface area contributed by atoms with Gasteiger partial charge in [0, 0.05) is 18.2 Å². The Hall–Kier alpha value is -1.85. The topological polar surface area (TPSA) is 69.4 Å². The maximum atomic E-state index is 6.10. The van der Waals surface area contributed by atoms with Gasteiger partial charge in [-0.3, -0.25) is 0 Å². The number of benzene rings is 1. The van der Waals surface area contributed by atoms with E-state index in [-0.39, 0.29) is 5.82 Å². The van der Waals surface area contributed by atoms with Gasteiger partial charge in [-0.1, -0.05) is 23.2 Å². The summed E-state index contributed by atoms with van der Waals surface area (Å²) in [7, 11) is 0. The molecule has 0 spiro atoms. The number of rotatable bonds is 2.